The third-order valence-corrected chi connectivity index (χ3v) is 3.05. The lowest BCUT2D eigenvalue weighted by Crippen LogP contribution is -2.24. The summed E-state index contributed by atoms with van der Waals surface area (Å²) in [6.45, 7) is 1.70. The summed E-state index contributed by atoms with van der Waals surface area (Å²) >= 11 is 0. The number of pyridine rings is 1. The first kappa shape index (κ1) is 16.9. The van der Waals surface area contributed by atoms with Crippen LogP contribution in [-0.4, -0.2) is 34.5 Å². The van der Waals surface area contributed by atoms with Crippen molar-refractivity contribution in [2.75, 3.05) is 11.9 Å². The standard InChI is InChI=1S/C16H14N2O6/c1-2-24-16(23)14(20)17-10-5-3-9(4-6-10)12-8-7-11(15(21)22)13(19)18-12/h3-8H,2H2,1H3,(H,17,20)(H,18,19)(H,21,22). The summed E-state index contributed by atoms with van der Waals surface area (Å²) in [6, 6.07) is 8.97. The van der Waals surface area contributed by atoms with Gasteiger partial charge in [-0.3, -0.25) is 9.59 Å². The zero-order valence-electron chi connectivity index (χ0n) is 12.7. The predicted molar refractivity (Wildman–Crippen MR) is 84.7 cm³/mol. The predicted octanol–water partition coefficient (Wildman–Crippen LogP) is 1.24. The minimum Gasteiger partial charge on any atom is -0.477 e. The van der Waals surface area contributed by atoms with E-state index < -0.39 is 23.4 Å². The smallest absolute Gasteiger partial charge is 0.397 e. The second kappa shape index (κ2) is 7.23. The van der Waals surface area contributed by atoms with Gasteiger partial charge in [-0.2, -0.15) is 0 Å². The van der Waals surface area contributed by atoms with Crippen LogP contribution in [0.3, 0.4) is 0 Å². The molecule has 124 valence electrons. The van der Waals surface area contributed by atoms with E-state index in [-0.39, 0.29) is 12.2 Å². The number of carbonyl (C=O) groups is 3. The van der Waals surface area contributed by atoms with E-state index in [0.717, 1.165) is 0 Å². The summed E-state index contributed by atoms with van der Waals surface area (Å²) in [6.07, 6.45) is 0. The molecule has 8 nitrogen and oxygen atoms in total. The van der Waals surface area contributed by atoms with Crippen LogP contribution in [0.4, 0.5) is 5.69 Å². The molecule has 0 spiro atoms. The molecule has 0 saturated carbocycles. The van der Waals surface area contributed by atoms with E-state index in [9.17, 15) is 19.2 Å². The van der Waals surface area contributed by atoms with Crippen LogP contribution in [0.5, 0.6) is 0 Å². The molecule has 0 atom stereocenters. The number of benzene rings is 1. The first-order chi connectivity index (χ1) is 11.4. The number of hydrogen-bond acceptors (Lipinski definition) is 5. The number of ether oxygens (including phenoxy) is 1. The topological polar surface area (TPSA) is 126 Å². The Hall–Kier alpha value is -3.42. The molecule has 0 fully saturated rings. The van der Waals surface area contributed by atoms with Crippen molar-refractivity contribution in [3.8, 4) is 11.3 Å². The lowest BCUT2D eigenvalue weighted by atomic mass is 10.1. The van der Waals surface area contributed by atoms with E-state index in [1.165, 1.54) is 24.3 Å². The molecule has 0 aliphatic rings. The SMILES string of the molecule is CCOC(=O)C(=O)Nc1ccc(-c2ccc(C(=O)O)c(=O)[nH]2)cc1. The minimum atomic E-state index is -1.31. The van der Waals surface area contributed by atoms with Gasteiger partial charge in [0.15, 0.2) is 0 Å². The van der Waals surface area contributed by atoms with Crippen molar-refractivity contribution in [3.05, 3.63) is 52.3 Å². The number of aromatic amines is 1. The number of anilines is 1. The molecule has 2 aromatic rings. The van der Waals surface area contributed by atoms with E-state index in [2.05, 4.69) is 15.0 Å². The molecule has 0 bridgehead atoms. The maximum absolute atomic E-state index is 11.7. The average Bonchev–Trinajstić information content (AvgIpc) is 2.55. The normalized spacial score (nSPS) is 10.0. The first-order valence-electron chi connectivity index (χ1n) is 6.97. The van der Waals surface area contributed by atoms with Gasteiger partial charge in [-0.1, -0.05) is 12.1 Å². The van der Waals surface area contributed by atoms with Crippen LogP contribution in [0.25, 0.3) is 11.3 Å². The number of aromatic carboxylic acids is 1. The maximum Gasteiger partial charge on any atom is 0.397 e. The van der Waals surface area contributed by atoms with Crippen LogP contribution in [0, 0.1) is 0 Å². The minimum absolute atomic E-state index is 0.102. The Kier molecular flexibility index (Phi) is 5.10. The third kappa shape index (κ3) is 3.86. The molecule has 1 aromatic heterocycles. The third-order valence-electron chi connectivity index (χ3n) is 3.05. The van der Waals surface area contributed by atoms with Crippen LogP contribution in [0.1, 0.15) is 17.3 Å². The molecule has 0 saturated heterocycles. The fraction of sp³-hybridized carbons (Fsp3) is 0.125. The van der Waals surface area contributed by atoms with E-state index in [4.69, 9.17) is 5.11 Å². The number of H-pyrrole nitrogens is 1. The highest BCUT2D eigenvalue weighted by molar-refractivity contribution is 6.37. The van der Waals surface area contributed by atoms with Crippen molar-refractivity contribution < 1.29 is 24.2 Å². The molecule has 1 aromatic carbocycles. The van der Waals surface area contributed by atoms with Crippen LogP contribution < -0.4 is 10.9 Å². The first-order valence-corrected chi connectivity index (χ1v) is 6.97. The number of amides is 1. The van der Waals surface area contributed by atoms with Crippen molar-refractivity contribution >= 4 is 23.5 Å². The largest absolute Gasteiger partial charge is 0.477 e. The summed E-state index contributed by atoms with van der Waals surface area (Å²) in [5, 5.41) is 11.2. The number of aromatic nitrogens is 1. The lowest BCUT2D eigenvalue weighted by Gasteiger charge is -2.06. The van der Waals surface area contributed by atoms with Gasteiger partial charge in [0, 0.05) is 11.4 Å². The van der Waals surface area contributed by atoms with E-state index in [1.54, 1.807) is 19.1 Å². The molecule has 0 radical (unpaired) electrons. The van der Waals surface area contributed by atoms with Gasteiger partial charge in [-0.15, -0.1) is 0 Å². The Morgan fingerprint density at radius 3 is 2.33 bits per heavy atom. The number of carboxylic acids is 1. The van der Waals surface area contributed by atoms with Gasteiger partial charge in [0.2, 0.25) is 0 Å². The van der Waals surface area contributed by atoms with Crippen molar-refractivity contribution in [1.82, 2.24) is 4.98 Å². The van der Waals surface area contributed by atoms with Crippen LogP contribution in [0.2, 0.25) is 0 Å². The lowest BCUT2D eigenvalue weighted by molar-refractivity contribution is -0.152. The van der Waals surface area contributed by atoms with Crippen molar-refractivity contribution in [3.63, 3.8) is 0 Å². The van der Waals surface area contributed by atoms with Gasteiger partial charge in [0.25, 0.3) is 5.56 Å². The van der Waals surface area contributed by atoms with Gasteiger partial charge in [0.05, 0.1) is 6.61 Å². The van der Waals surface area contributed by atoms with E-state index >= 15 is 0 Å². The van der Waals surface area contributed by atoms with Gasteiger partial charge in [0.1, 0.15) is 5.56 Å². The number of nitrogens with one attached hydrogen (secondary N) is 2. The van der Waals surface area contributed by atoms with Crippen LogP contribution in [-0.2, 0) is 14.3 Å². The summed E-state index contributed by atoms with van der Waals surface area (Å²) in [5.41, 5.74) is 0.351. The van der Waals surface area contributed by atoms with Crippen LogP contribution >= 0.6 is 0 Å². The Labute approximate surface area is 136 Å². The Morgan fingerprint density at radius 1 is 1.12 bits per heavy atom. The monoisotopic (exact) mass is 330 g/mol. The van der Waals surface area contributed by atoms with E-state index in [1.807, 2.05) is 0 Å². The molecule has 3 N–H and O–H groups in total. The summed E-state index contributed by atoms with van der Waals surface area (Å²) in [5.74, 6) is -3.17. The molecular weight excluding hydrogens is 316 g/mol. The Morgan fingerprint density at radius 2 is 1.79 bits per heavy atom. The Bertz CT molecular complexity index is 838. The highest BCUT2D eigenvalue weighted by Crippen LogP contribution is 2.18. The fourth-order valence-corrected chi connectivity index (χ4v) is 1.92. The Balaban J connectivity index is 2.16. The number of carbonyl (C=O) groups excluding carboxylic acids is 2. The zero-order chi connectivity index (χ0) is 17.7. The zero-order valence-corrected chi connectivity index (χ0v) is 12.7. The maximum atomic E-state index is 11.7. The van der Waals surface area contributed by atoms with Crippen molar-refractivity contribution in [1.29, 1.82) is 0 Å². The average molecular weight is 330 g/mol. The van der Waals surface area contributed by atoms with E-state index in [0.29, 0.717) is 16.9 Å². The molecule has 2 rings (SSSR count). The highest BCUT2D eigenvalue weighted by Gasteiger charge is 2.14. The van der Waals surface area contributed by atoms with Gasteiger partial charge >= 0.3 is 17.8 Å². The number of hydrogen-bond donors (Lipinski definition) is 3. The quantitative estimate of drug-likeness (QED) is 0.572. The van der Waals surface area contributed by atoms with Crippen LogP contribution in [0.15, 0.2) is 41.2 Å². The fourth-order valence-electron chi connectivity index (χ4n) is 1.92. The van der Waals surface area contributed by atoms with Gasteiger partial charge in [-0.05, 0) is 36.8 Å². The molecule has 24 heavy (non-hydrogen) atoms. The second-order valence-corrected chi connectivity index (χ2v) is 4.67. The molecule has 1 amide bonds. The number of esters is 1. The molecule has 0 aliphatic heterocycles. The highest BCUT2D eigenvalue weighted by atomic mass is 16.5. The summed E-state index contributed by atoms with van der Waals surface area (Å²) in [4.78, 5) is 47.7. The molecular formula is C16H14N2O6. The molecule has 0 unspecified atom stereocenters. The summed E-state index contributed by atoms with van der Waals surface area (Å²) < 4.78 is 4.57. The van der Waals surface area contributed by atoms with Crippen molar-refractivity contribution in [2.24, 2.45) is 0 Å². The second-order valence-electron chi connectivity index (χ2n) is 4.67. The van der Waals surface area contributed by atoms with Gasteiger partial charge in [-0.25, -0.2) is 9.59 Å². The molecule has 1 heterocycles. The van der Waals surface area contributed by atoms with Crippen molar-refractivity contribution in [2.45, 2.75) is 6.92 Å². The van der Waals surface area contributed by atoms with Gasteiger partial charge < -0.3 is 20.1 Å². The molecule has 8 heteroatoms. The number of carboxylic acid groups (broad SMARTS) is 1. The summed E-state index contributed by atoms with van der Waals surface area (Å²) in [7, 11) is 0. The number of rotatable bonds is 4. The molecule has 0 aliphatic carbocycles.